The zero-order chi connectivity index (χ0) is 16.4. The van der Waals surface area contributed by atoms with Crippen LogP contribution in [-0.2, 0) is 22.9 Å². The predicted molar refractivity (Wildman–Crippen MR) is 96.2 cm³/mol. The van der Waals surface area contributed by atoms with Gasteiger partial charge in [-0.25, -0.2) is 13.1 Å². The Morgan fingerprint density at radius 1 is 1.22 bits per heavy atom. The van der Waals surface area contributed by atoms with Gasteiger partial charge < -0.3 is 0 Å². The fraction of sp³-hybridized carbons (Fsp3) is 0.333. The summed E-state index contributed by atoms with van der Waals surface area (Å²) in [6, 6.07) is 14.0. The van der Waals surface area contributed by atoms with Crippen molar-refractivity contribution in [1.29, 1.82) is 0 Å². The van der Waals surface area contributed by atoms with Crippen LogP contribution in [-0.4, -0.2) is 15.5 Å². The minimum atomic E-state index is -3.40. The van der Waals surface area contributed by atoms with Crippen LogP contribution in [0.5, 0.6) is 0 Å². The number of hydrogen-bond acceptors (Lipinski definition) is 2. The molecule has 1 aliphatic rings. The van der Waals surface area contributed by atoms with E-state index in [4.69, 9.17) is 0 Å². The molecule has 1 N–H and O–H groups in total. The van der Waals surface area contributed by atoms with Crippen LogP contribution >= 0.6 is 15.9 Å². The van der Waals surface area contributed by atoms with Gasteiger partial charge in [-0.05, 0) is 67.5 Å². The maximum atomic E-state index is 11.9. The van der Waals surface area contributed by atoms with Crippen molar-refractivity contribution in [3.63, 3.8) is 0 Å². The van der Waals surface area contributed by atoms with Gasteiger partial charge in [0.1, 0.15) is 0 Å². The first-order valence-corrected chi connectivity index (χ1v) is 10.1. The second kappa shape index (κ2) is 6.75. The molecule has 0 radical (unpaired) electrons. The zero-order valence-corrected chi connectivity index (χ0v) is 15.5. The number of halogens is 1. The summed E-state index contributed by atoms with van der Waals surface area (Å²) in [5.41, 5.74) is 4.05. The number of fused-ring (bicyclic) bond motifs is 1. The predicted octanol–water partition coefficient (Wildman–Crippen LogP) is 4.02. The first kappa shape index (κ1) is 16.7. The van der Waals surface area contributed by atoms with E-state index in [0.29, 0.717) is 10.8 Å². The molecule has 122 valence electrons. The third-order valence-electron chi connectivity index (χ3n) is 4.56. The number of nitrogens with one attached hydrogen (secondary N) is 1. The molecule has 3 rings (SSSR count). The summed E-state index contributed by atoms with van der Waals surface area (Å²) in [4.78, 5) is 0.291. The molecule has 23 heavy (non-hydrogen) atoms. The van der Waals surface area contributed by atoms with Gasteiger partial charge in [0.05, 0.1) is 4.90 Å². The Kier molecular flexibility index (Phi) is 4.90. The van der Waals surface area contributed by atoms with E-state index in [1.807, 2.05) is 6.07 Å². The molecule has 0 fully saturated rings. The van der Waals surface area contributed by atoms with E-state index in [-0.39, 0.29) is 0 Å². The van der Waals surface area contributed by atoms with Crippen molar-refractivity contribution in [2.45, 2.75) is 36.5 Å². The van der Waals surface area contributed by atoms with E-state index in [0.717, 1.165) is 22.9 Å². The number of rotatable bonds is 4. The lowest BCUT2D eigenvalue weighted by Crippen LogP contribution is -2.18. The monoisotopic (exact) mass is 393 g/mol. The summed E-state index contributed by atoms with van der Waals surface area (Å²) >= 11 is 3.54. The van der Waals surface area contributed by atoms with E-state index < -0.39 is 10.0 Å². The summed E-state index contributed by atoms with van der Waals surface area (Å²) in [6.45, 7) is 0. The molecule has 0 bridgehead atoms. The highest BCUT2D eigenvalue weighted by atomic mass is 79.9. The molecule has 0 saturated carbocycles. The maximum Gasteiger partial charge on any atom is 0.240 e. The summed E-state index contributed by atoms with van der Waals surface area (Å²) < 4.78 is 27.0. The van der Waals surface area contributed by atoms with Gasteiger partial charge in [-0.1, -0.05) is 46.3 Å². The van der Waals surface area contributed by atoms with Crippen LogP contribution in [0.25, 0.3) is 0 Å². The number of aryl methyl sites for hydroxylation is 1. The van der Waals surface area contributed by atoms with Gasteiger partial charge in [-0.2, -0.15) is 0 Å². The van der Waals surface area contributed by atoms with Gasteiger partial charge >= 0.3 is 0 Å². The molecule has 0 amide bonds. The maximum absolute atomic E-state index is 11.9. The molecule has 2 aromatic carbocycles. The Hall–Kier alpha value is -1.17. The lowest BCUT2D eigenvalue weighted by atomic mass is 9.80. The van der Waals surface area contributed by atoms with Crippen LogP contribution in [0.3, 0.4) is 0 Å². The highest BCUT2D eigenvalue weighted by molar-refractivity contribution is 9.10. The van der Waals surface area contributed by atoms with Gasteiger partial charge in [-0.15, -0.1) is 0 Å². The number of sulfonamides is 1. The fourth-order valence-corrected chi connectivity index (χ4v) is 4.76. The van der Waals surface area contributed by atoms with Crippen molar-refractivity contribution < 1.29 is 8.42 Å². The SMILES string of the molecule is CNS(=O)(=O)c1ccc(C[C@@H]2CCCc3ccccc32)c(Br)c1. The van der Waals surface area contributed by atoms with Gasteiger partial charge in [0.25, 0.3) is 0 Å². The highest BCUT2D eigenvalue weighted by Gasteiger charge is 2.21. The molecule has 1 aliphatic carbocycles. The Morgan fingerprint density at radius 3 is 2.74 bits per heavy atom. The normalized spacial score (nSPS) is 17.7. The van der Waals surface area contributed by atoms with Gasteiger partial charge in [0.15, 0.2) is 0 Å². The molecule has 0 aromatic heterocycles. The first-order chi connectivity index (χ1) is 11.0. The number of benzene rings is 2. The summed E-state index contributed by atoms with van der Waals surface area (Å²) in [7, 11) is -1.97. The van der Waals surface area contributed by atoms with Crippen molar-refractivity contribution >= 4 is 26.0 Å². The zero-order valence-electron chi connectivity index (χ0n) is 13.0. The van der Waals surface area contributed by atoms with E-state index in [9.17, 15) is 8.42 Å². The van der Waals surface area contributed by atoms with E-state index in [1.165, 1.54) is 31.0 Å². The Balaban J connectivity index is 1.87. The van der Waals surface area contributed by atoms with Gasteiger partial charge in [0, 0.05) is 4.47 Å². The summed E-state index contributed by atoms with van der Waals surface area (Å²) in [6.07, 6.45) is 4.48. The van der Waals surface area contributed by atoms with E-state index in [1.54, 1.807) is 12.1 Å². The lowest BCUT2D eigenvalue weighted by molar-refractivity contribution is 0.549. The average Bonchev–Trinajstić information content (AvgIpc) is 2.57. The molecule has 0 heterocycles. The van der Waals surface area contributed by atoms with Crippen molar-refractivity contribution in [2.75, 3.05) is 7.05 Å². The van der Waals surface area contributed by atoms with Crippen LogP contribution in [0.2, 0.25) is 0 Å². The highest BCUT2D eigenvalue weighted by Crippen LogP contribution is 2.35. The molecule has 0 saturated heterocycles. The average molecular weight is 394 g/mol. The molecule has 3 nitrogen and oxygen atoms in total. The standard InChI is InChI=1S/C18H20BrNO2S/c1-20-23(21,22)16-10-9-15(18(19)12-16)11-14-7-4-6-13-5-2-3-8-17(13)14/h2-3,5,8-10,12,14,20H,4,6-7,11H2,1H3/t14-/m0/s1. The topological polar surface area (TPSA) is 46.2 Å². The quantitative estimate of drug-likeness (QED) is 0.852. The van der Waals surface area contributed by atoms with Crippen molar-refractivity contribution in [1.82, 2.24) is 4.72 Å². The molecule has 5 heteroatoms. The van der Waals surface area contributed by atoms with E-state index >= 15 is 0 Å². The molecule has 2 aromatic rings. The third-order valence-corrected chi connectivity index (χ3v) is 6.71. The Labute approximate surface area is 146 Å². The Bertz CT molecular complexity index is 818. The minimum absolute atomic E-state index is 0.291. The van der Waals surface area contributed by atoms with Crippen LogP contribution in [0.1, 0.15) is 35.4 Å². The summed E-state index contributed by atoms with van der Waals surface area (Å²) in [5.74, 6) is 0.503. The molecular weight excluding hydrogens is 374 g/mol. The molecular formula is C18H20BrNO2S. The number of hydrogen-bond donors (Lipinski definition) is 1. The largest absolute Gasteiger partial charge is 0.240 e. The summed E-state index contributed by atoms with van der Waals surface area (Å²) in [5, 5.41) is 0. The van der Waals surface area contributed by atoms with Crippen molar-refractivity contribution in [3.05, 3.63) is 63.6 Å². The molecule has 1 atom stereocenters. The van der Waals surface area contributed by atoms with Crippen molar-refractivity contribution in [3.8, 4) is 0 Å². The first-order valence-electron chi connectivity index (χ1n) is 7.81. The molecule has 0 spiro atoms. The second-order valence-corrected chi connectivity index (χ2v) is 8.69. The molecule has 0 aliphatic heterocycles. The lowest BCUT2D eigenvalue weighted by Gasteiger charge is -2.26. The fourth-order valence-electron chi connectivity index (χ4n) is 3.31. The minimum Gasteiger partial charge on any atom is -0.214 e. The molecule has 0 unspecified atom stereocenters. The smallest absolute Gasteiger partial charge is 0.214 e. The van der Waals surface area contributed by atoms with Gasteiger partial charge in [-0.3, -0.25) is 0 Å². The second-order valence-electron chi connectivity index (χ2n) is 5.95. The van der Waals surface area contributed by atoms with Crippen LogP contribution < -0.4 is 4.72 Å². The van der Waals surface area contributed by atoms with Crippen LogP contribution in [0, 0.1) is 0 Å². The van der Waals surface area contributed by atoms with Crippen LogP contribution in [0.4, 0.5) is 0 Å². The van der Waals surface area contributed by atoms with Crippen molar-refractivity contribution in [2.24, 2.45) is 0 Å². The van der Waals surface area contributed by atoms with Gasteiger partial charge in [0.2, 0.25) is 10.0 Å². The van der Waals surface area contributed by atoms with Crippen LogP contribution in [0.15, 0.2) is 51.8 Å². The van der Waals surface area contributed by atoms with E-state index in [2.05, 4.69) is 44.9 Å². The third kappa shape index (κ3) is 3.52. The Morgan fingerprint density at radius 2 is 2.00 bits per heavy atom.